The zero-order valence-electron chi connectivity index (χ0n) is 16.8. The first-order valence-corrected chi connectivity index (χ1v) is 10.2. The summed E-state index contributed by atoms with van der Waals surface area (Å²) in [5.41, 5.74) is 5.21. The third kappa shape index (κ3) is 3.19. The molecule has 0 saturated carbocycles. The van der Waals surface area contributed by atoms with Crippen molar-refractivity contribution >= 4 is 16.7 Å². The second-order valence-corrected chi connectivity index (χ2v) is 7.97. The topological polar surface area (TPSA) is 68.0 Å². The molecule has 3 aliphatic rings. The van der Waals surface area contributed by atoms with Crippen molar-refractivity contribution in [1.29, 1.82) is 0 Å². The van der Waals surface area contributed by atoms with Crippen LogP contribution >= 0.6 is 0 Å². The summed E-state index contributed by atoms with van der Waals surface area (Å²) in [6, 6.07) is 16.6. The van der Waals surface area contributed by atoms with E-state index in [0.29, 0.717) is 17.4 Å². The van der Waals surface area contributed by atoms with Gasteiger partial charge in [0.2, 0.25) is 0 Å². The molecule has 29 heavy (non-hydrogen) atoms. The molecule has 0 atom stereocenters. The van der Waals surface area contributed by atoms with Crippen molar-refractivity contribution in [1.82, 2.24) is 19.9 Å². The number of aromatic nitrogens is 3. The molecule has 1 aromatic carbocycles. The summed E-state index contributed by atoms with van der Waals surface area (Å²) in [6.45, 7) is 8.71. The molecule has 1 fully saturated rings. The maximum Gasteiger partial charge on any atom is 0.260 e. The van der Waals surface area contributed by atoms with Crippen LogP contribution in [0.5, 0.6) is 0 Å². The first-order valence-electron chi connectivity index (χ1n) is 10.2. The number of imidazole rings is 1. The molecule has 0 radical (unpaired) electrons. The number of piperazine rings is 1. The van der Waals surface area contributed by atoms with E-state index in [1.165, 1.54) is 5.69 Å². The molecule has 2 aliphatic heterocycles. The van der Waals surface area contributed by atoms with Crippen LogP contribution in [0.1, 0.15) is 13.8 Å². The molecule has 0 bridgehead atoms. The van der Waals surface area contributed by atoms with E-state index < -0.39 is 0 Å². The number of anilines is 1. The summed E-state index contributed by atoms with van der Waals surface area (Å²) in [7, 11) is 0. The van der Waals surface area contributed by atoms with Gasteiger partial charge in [-0.15, -0.1) is 0 Å². The molecule has 6 nitrogen and oxygen atoms in total. The molecule has 0 spiro atoms. The Morgan fingerprint density at radius 1 is 0.966 bits per heavy atom. The normalized spacial score (nSPS) is 15.6. The lowest BCUT2D eigenvalue weighted by atomic mass is 10.1. The number of aromatic amines is 2. The summed E-state index contributed by atoms with van der Waals surface area (Å²) in [4.78, 5) is 28.5. The molecular formula is C23H25N5O. The van der Waals surface area contributed by atoms with E-state index in [4.69, 9.17) is 4.98 Å². The molecule has 0 amide bonds. The lowest BCUT2D eigenvalue weighted by molar-refractivity contribution is 0.209. The van der Waals surface area contributed by atoms with Gasteiger partial charge in [-0.1, -0.05) is 24.3 Å². The molecule has 2 aromatic rings. The van der Waals surface area contributed by atoms with Gasteiger partial charge in [-0.05, 0) is 38.1 Å². The Balaban J connectivity index is 1.49. The van der Waals surface area contributed by atoms with Crippen molar-refractivity contribution in [2.75, 3.05) is 31.1 Å². The number of hydrogen-bond donors (Lipinski definition) is 2. The number of nitrogens with zero attached hydrogens (tertiary/aromatic N) is 3. The van der Waals surface area contributed by atoms with E-state index in [1.807, 2.05) is 36.4 Å². The number of benzene rings is 1. The van der Waals surface area contributed by atoms with E-state index in [1.54, 1.807) is 0 Å². The van der Waals surface area contributed by atoms with Gasteiger partial charge in [0.1, 0.15) is 5.82 Å². The fraction of sp³-hybridized carbons (Fsp3) is 0.304. The average Bonchev–Trinajstić information content (AvgIpc) is 3.19. The van der Waals surface area contributed by atoms with E-state index in [0.717, 1.165) is 48.5 Å². The van der Waals surface area contributed by atoms with E-state index in [9.17, 15) is 4.79 Å². The van der Waals surface area contributed by atoms with E-state index in [-0.39, 0.29) is 5.56 Å². The van der Waals surface area contributed by atoms with Crippen LogP contribution in [0.25, 0.3) is 33.7 Å². The number of nitrogens with one attached hydrogen (secondary N) is 2. The maximum absolute atomic E-state index is 12.6. The Labute approximate surface area is 169 Å². The molecule has 3 heterocycles. The minimum absolute atomic E-state index is 0.115. The SMILES string of the molecule is CC(C)N1CCN(c2ccc3nc(-c4c5cccccc-5[nH]c4=O)[nH]c3c2)CC1. The van der Waals surface area contributed by atoms with Gasteiger partial charge in [0.15, 0.2) is 0 Å². The van der Waals surface area contributed by atoms with Crippen LogP contribution in [0, 0.1) is 0 Å². The summed E-state index contributed by atoms with van der Waals surface area (Å²) in [5, 5.41) is 0. The third-order valence-corrected chi connectivity index (χ3v) is 5.89. The lowest BCUT2D eigenvalue weighted by Gasteiger charge is -2.38. The van der Waals surface area contributed by atoms with Crippen LogP contribution < -0.4 is 10.5 Å². The van der Waals surface area contributed by atoms with Gasteiger partial charge in [0, 0.05) is 49.2 Å². The highest BCUT2D eigenvalue weighted by molar-refractivity contribution is 5.87. The first-order chi connectivity index (χ1) is 14.1. The molecule has 1 saturated heterocycles. The van der Waals surface area contributed by atoms with Gasteiger partial charge in [-0.3, -0.25) is 9.69 Å². The van der Waals surface area contributed by atoms with Crippen LogP contribution in [0.2, 0.25) is 0 Å². The zero-order valence-corrected chi connectivity index (χ0v) is 16.8. The third-order valence-electron chi connectivity index (χ3n) is 5.89. The number of H-pyrrole nitrogens is 2. The number of rotatable bonds is 3. The van der Waals surface area contributed by atoms with Crippen LogP contribution in [-0.2, 0) is 0 Å². The Hall–Kier alpha value is -3.12. The highest BCUT2D eigenvalue weighted by atomic mass is 16.1. The van der Waals surface area contributed by atoms with Crippen LogP contribution in [0.4, 0.5) is 5.69 Å². The van der Waals surface area contributed by atoms with Gasteiger partial charge < -0.3 is 14.9 Å². The second kappa shape index (κ2) is 7.04. The van der Waals surface area contributed by atoms with Gasteiger partial charge >= 0.3 is 0 Å². The Kier molecular flexibility index (Phi) is 4.36. The van der Waals surface area contributed by atoms with Crippen LogP contribution in [0.3, 0.4) is 0 Å². The summed E-state index contributed by atoms with van der Waals surface area (Å²) < 4.78 is 0. The highest BCUT2D eigenvalue weighted by Gasteiger charge is 2.21. The fourth-order valence-electron chi connectivity index (χ4n) is 4.23. The van der Waals surface area contributed by atoms with Crippen molar-refractivity contribution in [2.45, 2.75) is 19.9 Å². The molecule has 5 rings (SSSR count). The molecule has 6 heteroatoms. The average molecular weight is 387 g/mol. The van der Waals surface area contributed by atoms with Gasteiger partial charge in [-0.25, -0.2) is 4.98 Å². The largest absolute Gasteiger partial charge is 0.369 e. The van der Waals surface area contributed by atoms with Crippen LogP contribution in [-0.4, -0.2) is 52.1 Å². The number of hydrogen-bond acceptors (Lipinski definition) is 4. The van der Waals surface area contributed by atoms with E-state index >= 15 is 0 Å². The standard InChI is InChI=1S/C23H25N5O/c1-15(2)27-10-12-28(13-11-27)16-8-9-19-20(14-16)25-22(24-19)21-17-6-4-3-5-7-18(17)26-23(21)29/h3-9,14-15H,10-13H2,1-2H3,(H,24,25)(H,26,29). The zero-order chi connectivity index (χ0) is 20.0. The van der Waals surface area contributed by atoms with Gasteiger partial charge in [-0.2, -0.15) is 0 Å². The van der Waals surface area contributed by atoms with Crippen molar-refractivity contribution < 1.29 is 0 Å². The lowest BCUT2D eigenvalue weighted by Crippen LogP contribution is -2.48. The highest BCUT2D eigenvalue weighted by Crippen LogP contribution is 2.30. The quantitative estimate of drug-likeness (QED) is 0.564. The monoisotopic (exact) mass is 387 g/mol. The summed E-state index contributed by atoms with van der Waals surface area (Å²) in [6.07, 6.45) is 0. The minimum Gasteiger partial charge on any atom is -0.369 e. The fourth-order valence-corrected chi connectivity index (χ4v) is 4.23. The molecule has 0 unspecified atom stereocenters. The maximum atomic E-state index is 12.6. The summed E-state index contributed by atoms with van der Waals surface area (Å²) >= 11 is 0. The van der Waals surface area contributed by atoms with Crippen molar-refractivity contribution in [3.8, 4) is 22.6 Å². The van der Waals surface area contributed by atoms with Crippen molar-refractivity contribution in [2.24, 2.45) is 0 Å². The van der Waals surface area contributed by atoms with E-state index in [2.05, 4.69) is 45.7 Å². The molecule has 148 valence electrons. The predicted molar refractivity (Wildman–Crippen MR) is 118 cm³/mol. The molecule has 1 aliphatic carbocycles. The van der Waals surface area contributed by atoms with Gasteiger partial charge in [0.25, 0.3) is 5.56 Å². The Morgan fingerprint density at radius 2 is 1.76 bits per heavy atom. The molecule has 1 aromatic heterocycles. The molecular weight excluding hydrogens is 362 g/mol. The summed E-state index contributed by atoms with van der Waals surface area (Å²) in [5.74, 6) is 0.615. The molecule has 2 N–H and O–H groups in total. The second-order valence-electron chi connectivity index (χ2n) is 7.97. The van der Waals surface area contributed by atoms with Crippen LogP contribution in [0.15, 0.2) is 53.3 Å². The van der Waals surface area contributed by atoms with Crippen molar-refractivity contribution in [3.63, 3.8) is 0 Å². The minimum atomic E-state index is -0.115. The first kappa shape index (κ1) is 17.9. The Morgan fingerprint density at radius 3 is 2.55 bits per heavy atom. The smallest absolute Gasteiger partial charge is 0.260 e. The van der Waals surface area contributed by atoms with Crippen molar-refractivity contribution in [3.05, 3.63) is 58.9 Å². The Bertz CT molecular complexity index is 1180. The number of fused-ring (bicyclic) bond motifs is 2. The van der Waals surface area contributed by atoms with Gasteiger partial charge in [0.05, 0.1) is 16.6 Å². The predicted octanol–water partition coefficient (Wildman–Crippen LogP) is 3.55.